The Morgan fingerprint density at radius 3 is 2.73 bits per heavy atom. The topological polar surface area (TPSA) is 57.3 Å². The van der Waals surface area contributed by atoms with Crippen LogP contribution in [0.4, 0.5) is 10.1 Å². The molecule has 2 aliphatic rings. The van der Waals surface area contributed by atoms with E-state index in [0.717, 1.165) is 48.1 Å². The van der Waals surface area contributed by atoms with Crippen LogP contribution in [0.15, 0.2) is 48.7 Å². The lowest BCUT2D eigenvalue weighted by Gasteiger charge is -2.37. The highest BCUT2D eigenvalue weighted by Crippen LogP contribution is 2.48. The molecule has 2 heterocycles. The summed E-state index contributed by atoms with van der Waals surface area (Å²) in [5.41, 5.74) is 3.49. The van der Waals surface area contributed by atoms with E-state index in [-0.39, 0.29) is 11.7 Å². The first-order chi connectivity index (χ1) is 14.5. The van der Waals surface area contributed by atoms with Crippen molar-refractivity contribution in [2.45, 2.75) is 31.3 Å². The average Bonchev–Trinajstić information content (AvgIpc) is 3.47. The third-order valence-electron chi connectivity index (χ3n) is 6.52. The van der Waals surface area contributed by atoms with E-state index >= 15 is 0 Å². The molecule has 1 saturated carbocycles. The maximum absolute atomic E-state index is 14.2. The van der Waals surface area contributed by atoms with Crippen LogP contribution in [0.5, 0.6) is 0 Å². The number of hydrogen-bond acceptors (Lipinski definition) is 4. The molecule has 30 heavy (non-hydrogen) atoms. The van der Waals surface area contributed by atoms with Crippen molar-refractivity contribution in [1.29, 1.82) is 0 Å². The van der Waals surface area contributed by atoms with Gasteiger partial charge in [0.15, 0.2) is 0 Å². The van der Waals surface area contributed by atoms with E-state index < -0.39 is 5.54 Å². The zero-order valence-corrected chi connectivity index (χ0v) is 17.2. The molecule has 6 heteroatoms. The van der Waals surface area contributed by atoms with Crippen molar-refractivity contribution in [3.63, 3.8) is 0 Å². The normalized spacial score (nSPS) is 17.4. The molecule has 1 amide bonds. The molecule has 5 rings (SSSR count). The van der Waals surface area contributed by atoms with Gasteiger partial charge in [-0.1, -0.05) is 18.2 Å². The number of fused-ring (bicyclic) bond motifs is 1. The van der Waals surface area contributed by atoms with E-state index in [9.17, 15) is 9.18 Å². The molecule has 0 unspecified atom stereocenters. The number of pyridine rings is 1. The minimum Gasteiger partial charge on any atom is -0.369 e. The number of hydrogen-bond donors (Lipinski definition) is 2. The van der Waals surface area contributed by atoms with Crippen molar-refractivity contribution in [2.75, 3.05) is 25.0 Å². The summed E-state index contributed by atoms with van der Waals surface area (Å²) < 4.78 is 14.2. The van der Waals surface area contributed by atoms with Crippen molar-refractivity contribution in [3.05, 3.63) is 71.2 Å². The Hall–Kier alpha value is -2.99. The molecular weight excluding hydrogens is 379 g/mol. The van der Waals surface area contributed by atoms with Gasteiger partial charge in [0.25, 0.3) is 5.91 Å². The molecule has 2 fully saturated rings. The Bertz CT molecular complexity index is 1140. The van der Waals surface area contributed by atoms with E-state index in [4.69, 9.17) is 0 Å². The molecule has 154 valence electrons. The van der Waals surface area contributed by atoms with E-state index in [0.29, 0.717) is 17.1 Å². The minimum atomic E-state index is -0.460. The van der Waals surface area contributed by atoms with Gasteiger partial charge in [-0.2, -0.15) is 0 Å². The van der Waals surface area contributed by atoms with Crippen molar-refractivity contribution < 1.29 is 9.18 Å². The second kappa shape index (κ2) is 7.06. The predicted molar refractivity (Wildman–Crippen MR) is 116 cm³/mol. The van der Waals surface area contributed by atoms with Crippen molar-refractivity contribution in [3.8, 4) is 0 Å². The van der Waals surface area contributed by atoms with Gasteiger partial charge >= 0.3 is 0 Å². The highest BCUT2D eigenvalue weighted by atomic mass is 19.1. The van der Waals surface area contributed by atoms with Gasteiger partial charge in [0, 0.05) is 43.0 Å². The predicted octanol–water partition coefficient (Wildman–Crippen LogP) is 3.51. The summed E-state index contributed by atoms with van der Waals surface area (Å²) in [6.45, 7) is 3.88. The van der Waals surface area contributed by atoms with E-state index in [1.54, 1.807) is 12.3 Å². The first kappa shape index (κ1) is 19.0. The monoisotopic (exact) mass is 404 g/mol. The first-order valence-corrected chi connectivity index (χ1v) is 10.4. The zero-order valence-electron chi connectivity index (χ0n) is 17.2. The molecule has 2 N–H and O–H groups in total. The molecule has 0 radical (unpaired) electrons. The lowest BCUT2D eigenvalue weighted by atomic mass is 9.97. The van der Waals surface area contributed by atoms with Crippen molar-refractivity contribution >= 4 is 22.5 Å². The number of aromatic nitrogens is 1. The number of amides is 1. The summed E-state index contributed by atoms with van der Waals surface area (Å²) in [6.07, 6.45) is 3.26. The fraction of sp³-hybridized carbons (Fsp3) is 0.333. The number of halogens is 1. The van der Waals surface area contributed by atoms with Gasteiger partial charge < -0.3 is 15.5 Å². The Kier molecular flexibility index (Phi) is 4.47. The number of carbonyl (C=O) groups is 1. The number of nitrogens with zero attached hydrogens (tertiary/aromatic N) is 2. The smallest absolute Gasteiger partial charge is 0.252 e. The third-order valence-corrected chi connectivity index (χ3v) is 6.52. The fourth-order valence-electron chi connectivity index (χ4n) is 4.26. The van der Waals surface area contributed by atoms with Crippen molar-refractivity contribution in [1.82, 2.24) is 15.6 Å². The van der Waals surface area contributed by atoms with Gasteiger partial charge in [0.1, 0.15) is 11.3 Å². The maximum atomic E-state index is 14.2. The number of carbonyl (C=O) groups excluding carboxylic acids is 1. The SMILES string of the molecule is Cc1ccc(N(C)C2CNC2)cc1C(=O)NC1(c2ccc(F)c3ncccc23)CC1. The molecule has 3 aromatic rings. The summed E-state index contributed by atoms with van der Waals surface area (Å²) in [5.74, 6) is -0.429. The van der Waals surface area contributed by atoms with Crippen molar-refractivity contribution in [2.24, 2.45) is 0 Å². The van der Waals surface area contributed by atoms with Crippen LogP contribution < -0.4 is 15.5 Å². The number of likely N-dealkylation sites (N-methyl/N-ethyl adjacent to an activating group) is 1. The number of rotatable bonds is 5. The summed E-state index contributed by atoms with van der Waals surface area (Å²) >= 11 is 0. The molecule has 2 aromatic carbocycles. The van der Waals surface area contributed by atoms with Gasteiger partial charge in [-0.25, -0.2) is 4.39 Å². The molecule has 0 atom stereocenters. The molecule has 5 nitrogen and oxygen atoms in total. The second-order valence-electron chi connectivity index (χ2n) is 8.45. The molecule has 0 bridgehead atoms. The van der Waals surface area contributed by atoms with Gasteiger partial charge in [-0.3, -0.25) is 9.78 Å². The summed E-state index contributed by atoms with van der Waals surface area (Å²) in [5, 5.41) is 7.30. The second-order valence-corrected chi connectivity index (χ2v) is 8.45. The largest absolute Gasteiger partial charge is 0.369 e. The van der Waals surface area contributed by atoms with Crippen LogP contribution >= 0.6 is 0 Å². The molecule has 1 aliphatic heterocycles. The summed E-state index contributed by atoms with van der Waals surface area (Å²) in [7, 11) is 2.07. The van der Waals surface area contributed by atoms with Crippen LogP contribution in [0.2, 0.25) is 0 Å². The number of nitrogens with one attached hydrogen (secondary N) is 2. The molecule has 1 saturated heterocycles. The van der Waals surface area contributed by atoms with Crippen LogP contribution in [0.25, 0.3) is 10.9 Å². The lowest BCUT2D eigenvalue weighted by molar-refractivity contribution is 0.0930. The highest BCUT2D eigenvalue weighted by Gasteiger charge is 2.47. The lowest BCUT2D eigenvalue weighted by Crippen LogP contribution is -2.56. The standard InChI is InChI=1S/C24H25FN4O/c1-15-5-6-16(29(2)17-13-26-14-17)12-19(15)23(30)28-24(9-10-24)20-7-8-21(25)22-18(20)4-3-11-27-22/h3-8,11-12,17,26H,9-10,13-14H2,1-2H3,(H,28,30). The highest BCUT2D eigenvalue weighted by molar-refractivity contribution is 5.98. The van der Waals surface area contributed by atoms with Crippen LogP contribution in [0.1, 0.15) is 34.3 Å². The number of benzene rings is 2. The van der Waals surface area contributed by atoms with E-state index in [1.807, 2.05) is 31.2 Å². The average molecular weight is 404 g/mol. The van der Waals surface area contributed by atoms with Crippen LogP contribution in [0, 0.1) is 12.7 Å². The van der Waals surface area contributed by atoms with Gasteiger partial charge in [-0.05, 0) is 55.2 Å². The third kappa shape index (κ3) is 3.12. The van der Waals surface area contributed by atoms with Gasteiger partial charge in [0.05, 0.1) is 11.6 Å². The quantitative estimate of drug-likeness (QED) is 0.683. The Morgan fingerprint density at radius 1 is 1.23 bits per heavy atom. The number of aryl methyl sites for hydroxylation is 1. The summed E-state index contributed by atoms with van der Waals surface area (Å²) in [6, 6.07) is 13.4. The Labute approximate surface area is 175 Å². The van der Waals surface area contributed by atoms with E-state index in [2.05, 4.69) is 33.6 Å². The first-order valence-electron chi connectivity index (χ1n) is 10.4. The van der Waals surface area contributed by atoms with Crippen LogP contribution in [-0.2, 0) is 5.54 Å². The summed E-state index contributed by atoms with van der Waals surface area (Å²) in [4.78, 5) is 19.7. The Balaban J connectivity index is 1.45. The maximum Gasteiger partial charge on any atom is 0.252 e. The molecule has 0 spiro atoms. The number of anilines is 1. The van der Waals surface area contributed by atoms with Crippen LogP contribution in [0.3, 0.4) is 0 Å². The van der Waals surface area contributed by atoms with E-state index in [1.165, 1.54) is 6.07 Å². The fourth-order valence-corrected chi connectivity index (χ4v) is 4.26. The van der Waals surface area contributed by atoms with Gasteiger partial charge in [0.2, 0.25) is 0 Å². The molecule has 1 aliphatic carbocycles. The molecular formula is C24H25FN4O. The Morgan fingerprint density at radius 2 is 2.03 bits per heavy atom. The van der Waals surface area contributed by atoms with Gasteiger partial charge in [-0.15, -0.1) is 0 Å². The zero-order chi connectivity index (χ0) is 20.9. The minimum absolute atomic E-state index is 0.0895. The molecule has 1 aromatic heterocycles. The van der Waals surface area contributed by atoms with Crippen LogP contribution in [-0.4, -0.2) is 37.1 Å².